The monoisotopic (exact) mass is 315 g/mol. The third-order valence-electron chi connectivity index (χ3n) is 3.55. The molecule has 1 aromatic heterocycles. The summed E-state index contributed by atoms with van der Waals surface area (Å²) in [6, 6.07) is 14.6. The van der Waals surface area contributed by atoms with Crippen LogP contribution in [0.3, 0.4) is 0 Å². The van der Waals surface area contributed by atoms with E-state index in [1.807, 2.05) is 36.6 Å². The van der Waals surface area contributed by atoms with Crippen molar-refractivity contribution in [2.24, 2.45) is 5.73 Å². The van der Waals surface area contributed by atoms with E-state index in [1.165, 1.54) is 6.07 Å². The van der Waals surface area contributed by atoms with Crippen LogP contribution < -0.4 is 10.5 Å². The van der Waals surface area contributed by atoms with Crippen molar-refractivity contribution in [3.8, 4) is 5.75 Å². The van der Waals surface area contributed by atoms with Gasteiger partial charge in [0.2, 0.25) is 0 Å². The lowest BCUT2D eigenvalue weighted by Crippen LogP contribution is -2.22. The Balaban J connectivity index is 1.97. The number of nitrogens with two attached hydrogens (primary N) is 1. The maximum atomic E-state index is 14.1. The molecule has 0 aliphatic heterocycles. The van der Waals surface area contributed by atoms with Gasteiger partial charge in [-0.05, 0) is 35.9 Å². The lowest BCUT2D eigenvalue weighted by Gasteiger charge is -2.22. The van der Waals surface area contributed by atoms with Gasteiger partial charge < -0.3 is 10.5 Å². The highest BCUT2D eigenvalue weighted by Gasteiger charge is 2.20. The zero-order chi connectivity index (χ0) is 15.5. The maximum Gasteiger partial charge on any atom is 0.138 e. The Bertz CT molecular complexity index is 768. The summed E-state index contributed by atoms with van der Waals surface area (Å²) >= 11 is 1.62. The molecule has 2 nitrogen and oxygen atoms in total. The zero-order valence-corrected chi connectivity index (χ0v) is 13.1. The zero-order valence-electron chi connectivity index (χ0n) is 12.3. The summed E-state index contributed by atoms with van der Waals surface area (Å²) in [4.78, 5) is 0. The summed E-state index contributed by atoms with van der Waals surface area (Å²) in [5, 5.41) is 3.16. The van der Waals surface area contributed by atoms with Crippen molar-refractivity contribution in [3.63, 3.8) is 0 Å². The quantitative estimate of drug-likeness (QED) is 0.727. The first-order chi connectivity index (χ1) is 10.6. The molecule has 1 unspecified atom stereocenters. The van der Waals surface area contributed by atoms with E-state index < -0.39 is 6.10 Å². The second-order valence-electron chi connectivity index (χ2n) is 5.44. The van der Waals surface area contributed by atoms with Crippen molar-refractivity contribution >= 4 is 21.4 Å². The van der Waals surface area contributed by atoms with E-state index in [9.17, 15) is 4.39 Å². The molecule has 0 amide bonds. The summed E-state index contributed by atoms with van der Waals surface area (Å²) in [6.07, 6.45) is 0.164. The van der Waals surface area contributed by atoms with Gasteiger partial charge in [0, 0.05) is 18.0 Å². The third kappa shape index (κ3) is 3.13. The highest BCUT2D eigenvalue weighted by Crippen LogP contribution is 2.35. The number of hydrogen-bond acceptors (Lipinski definition) is 3. The molecule has 0 bridgehead atoms. The first-order valence-electron chi connectivity index (χ1n) is 7.28. The summed E-state index contributed by atoms with van der Waals surface area (Å²) in [5.41, 5.74) is 6.48. The molecule has 1 heterocycles. The van der Waals surface area contributed by atoms with Gasteiger partial charge in [-0.1, -0.05) is 30.3 Å². The molecule has 0 saturated carbocycles. The van der Waals surface area contributed by atoms with E-state index in [4.69, 9.17) is 10.5 Å². The predicted octanol–water partition coefficient (Wildman–Crippen LogP) is 4.90. The molecule has 3 aromatic rings. The SMILES string of the molecule is CC(N)C[C@H](Oc1cccc2ccsc12)c1ccccc1F. The summed E-state index contributed by atoms with van der Waals surface area (Å²) in [7, 11) is 0. The number of thiophene rings is 1. The van der Waals surface area contributed by atoms with Crippen LogP contribution in [0.4, 0.5) is 4.39 Å². The maximum absolute atomic E-state index is 14.1. The number of hydrogen-bond donors (Lipinski definition) is 1. The fourth-order valence-corrected chi connectivity index (χ4v) is 3.38. The molecule has 114 valence electrons. The first-order valence-corrected chi connectivity index (χ1v) is 8.16. The van der Waals surface area contributed by atoms with Gasteiger partial charge in [-0.25, -0.2) is 4.39 Å². The van der Waals surface area contributed by atoms with E-state index in [0.29, 0.717) is 12.0 Å². The van der Waals surface area contributed by atoms with Crippen LogP contribution in [-0.2, 0) is 0 Å². The summed E-state index contributed by atoms with van der Waals surface area (Å²) in [6.45, 7) is 1.91. The van der Waals surface area contributed by atoms with Crippen molar-refractivity contribution in [1.82, 2.24) is 0 Å². The van der Waals surface area contributed by atoms with Gasteiger partial charge in [-0.2, -0.15) is 0 Å². The fourth-order valence-electron chi connectivity index (χ4n) is 2.52. The van der Waals surface area contributed by atoms with Crippen molar-refractivity contribution in [3.05, 3.63) is 65.3 Å². The largest absolute Gasteiger partial charge is 0.484 e. The van der Waals surface area contributed by atoms with Crippen molar-refractivity contribution in [2.75, 3.05) is 0 Å². The minimum absolute atomic E-state index is 0.0767. The van der Waals surface area contributed by atoms with Gasteiger partial charge in [0.25, 0.3) is 0 Å². The van der Waals surface area contributed by atoms with Crippen molar-refractivity contribution in [2.45, 2.75) is 25.5 Å². The van der Waals surface area contributed by atoms with Crippen LogP contribution in [0.5, 0.6) is 5.75 Å². The average molecular weight is 315 g/mol. The Morgan fingerprint density at radius 3 is 2.73 bits per heavy atom. The van der Waals surface area contributed by atoms with Crippen LogP contribution in [0.2, 0.25) is 0 Å². The molecule has 3 rings (SSSR count). The smallest absolute Gasteiger partial charge is 0.138 e. The van der Waals surface area contributed by atoms with Gasteiger partial charge in [0.1, 0.15) is 17.7 Å². The number of fused-ring (bicyclic) bond motifs is 1. The van der Waals surface area contributed by atoms with Gasteiger partial charge in [0.15, 0.2) is 0 Å². The van der Waals surface area contributed by atoms with Gasteiger partial charge in [-0.15, -0.1) is 11.3 Å². The van der Waals surface area contributed by atoms with E-state index in [2.05, 4.69) is 6.07 Å². The molecule has 2 N–H and O–H groups in total. The molecular formula is C18H18FNOS. The minimum atomic E-state index is -0.395. The standard InChI is InChI=1S/C18H18FNOS/c1-12(20)11-17(14-6-2-3-7-15(14)19)21-16-8-4-5-13-9-10-22-18(13)16/h2-10,12,17H,11,20H2,1H3/t12?,17-/m0/s1. The molecule has 0 fully saturated rings. The van der Waals surface area contributed by atoms with Crippen LogP contribution in [-0.4, -0.2) is 6.04 Å². The molecule has 0 aliphatic rings. The topological polar surface area (TPSA) is 35.2 Å². The second-order valence-corrected chi connectivity index (χ2v) is 6.35. The highest BCUT2D eigenvalue weighted by molar-refractivity contribution is 7.17. The third-order valence-corrected chi connectivity index (χ3v) is 4.49. The lowest BCUT2D eigenvalue weighted by molar-refractivity contribution is 0.185. The lowest BCUT2D eigenvalue weighted by atomic mass is 10.0. The van der Waals surface area contributed by atoms with Crippen molar-refractivity contribution in [1.29, 1.82) is 0 Å². The van der Waals surface area contributed by atoms with Crippen LogP contribution in [0.25, 0.3) is 10.1 Å². The number of rotatable bonds is 5. The van der Waals surface area contributed by atoms with Gasteiger partial charge in [-0.3, -0.25) is 0 Å². The molecule has 2 aromatic carbocycles. The van der Waals surface area contributed by atoms with Crippen LogP contribution in [0, 0.1) is 5.82 Å². The minimum Gasteiger partial charge on any atom is -0.484 e. The summed E-state index contributed by atoms with van der Waals surface area (Å²) in [5.74, 6) is 0.521. The predicted molar refractivity (Wildman–Crippen MR) is 89.9 cm³/mol. The van der Waals surface area contributed by atoms with E-state index in [0.717, 1.165) is 15.8 Å². The van der Waals surface area contributed by atoms with Crippen molar-refractivity contribution < 1.29 is 9.13 Å². The number of halogens is 1. The molecular weight excluding hydrogens is 297 g/mol. The Labute approximate surface area is 133 Å². The Morgan fingerprint density at radius 1 is 1.14 bits per heavy atom. The fraction of sp³-hybridized carbons (Fsp3) is 0.222. The highest BCUT2D eigenvalue weighted by atomic mass is 32.1. The Hall–Kier alpha value is -1.91. The molecule has 0 spiro atoms. The van der Waals surface area contributed by atoms with Crippen LogP contribution in [0.1, 0.15) is 25.0 Å². The second kappa shape index (κ2) is 6.46. The van der Waals surface area contributed by atoms with Crippen LogP contribution in [0.15, 0.2) is 53.9 Å². The molecule has 0 aliphatic carbocycles. The van der Waals surface area contributed by atoms with E-state index in [-0.39, 0.29) is 11.9 Å². The van der Waals surface area contributed by atoms with E-state index in [1.54, 1.807) is 23.5 Å². The molecule has 0 saturated heterocycles. The molecule has 4 heteroatoms. The molecule has 2 atom stereocenters. The Kier molecular flexibility index (Phi) is 4.41. The first kappa shape index (κ1) is 15.0. The Morgan fingerprint density at radius 2 is 1.95 bits per heavy atom. The number of ether oxygens (including phenoxy) is 1. The molecule has 0 radical (unpaired) electrons. The van der Waals surface area contributed by atoms with Gasteiger partial charge in [0.05, 0.1) is 4.70 Å². The molecule has 22 heavy (non-hydrogen) atoms. The normalized spacial score (nSPS) is 14.0. The average Bonchev–Trinajstić information content (AvgIpc) is 2.96. The van der Waals surface area contributed by atoms with Crippen LogP contribution >= 0.6 is 11.3 Å². The number of benzene rings is 2. The summed E-state index contributed by atoms with van der Waals surface area (Å²) < 4.78 is 21.4. The van der Waals surface area contributed by atoms with Gasteiger partial charge >= 0.3 is 0 Å². The van der Waals surface area contributed by atoms with E-state index >= 15 is 0 Å².